The Morgan fingerprint density at radius 3 is 2.11 bits per heavy atom. The average Bonchev–Trinajstić information content (AvgIpc) is 3.34. The molecule has 0 aliphatic rings. The van der Waals surface area contributed by atoms with Gasteiger partial charge in [-0.25, -0.2) is 4.99 Å². The number of rotatable bonds is 5. The highest BCUT2D eigenvalue weighted by Crippen LogP contribution is 2.37. The molecule has 0 aliphatic heterocycles. The molecule has 37 heavy (non-hydrogen) atoms. The summed E-state index contributed by atoms with van der Waals surface area (Å²) < 4.78 is 6.32. The second kappa shape index (κ2) is 9.96. The molecule has 1 aromatic heterocycles. The molecule has 0 aliphatic carbocycles. The number of amidine groups is 2. The van der Waals surface area contributed by atoms with E-state index in [0.717, 1.165) is 49.8 Å². The summed E-state index contributed by atoms with van der Waals surface area (Å²) in [5.41, 5.74) is 13.2. The number of nitrogens with two attached hydrogens (primary N) is 1. The lowest BCUT2D eigenvalue weighted by molar-refractivity contribution is 0.669. The molecule has 5 aromatic carbocycles. The summed E-state index contributed by atoms with van der Waals surface area (Å²) in [6.07, 6.45) is 0. The van der Waals surface area contributed by atoms with Gasteiger partial charge >= 0.3 is 0 Å². The van der Waals surface area contributed by atoms with Gasteiger partial charge in [0.15, 0.2) is 5.84 Å². The minimum absolute atomic E-state index is 0.420. The van der Waals surface area contributed by atoms with E-state index in [2.05, 4.69) is 48.5 Å². The Morgan fingerprint density at radius 1 is 0.649 bits per heavy atom. The molecule has 6 rings (SSSR count). The van der Waals surface area contributed by atoms with Crippen LogP contribution in [0.5, 0.6) is 0 Å². The van der Waals surface area contributed by atoms with Crippen LogP contribution >= 0.6 is 0 Å². The van der Waals surface area contributed by atoms with E-state index >= 15 is 0 Å². The maximum Gasteiger partial charge on any atom is 0.157 e. The van der Waals surface area contributed by atoms with Crippen LogP contribution in [0.4, 0.5) is 0 Å². The van der Waals surface area contributed by atoms with Crippen LogP contribution in [0, 0.1) is 0 Å². The zero-order chi connectivity index (χ0) is 25.0. The summed E-state index contributed by atoms with van der Waals surface area (Å²) in [5, 5.41) is 2.16. The summed E-state index contributed by atoms with van der Waals surface area (Å²) in [5.74, 6) is 0.985. The van der Waals surface area contributed by atoms with Gasteiger partial charge in [-0.3, -0.25) is 4.99 Å². The smallest absolute Gasteiger partial charge is 0.157 e. The molecule has 0 atom stereocenters. The molecule has 0 spiro atoms. The molecule has 0 amide bonds. The lowest BCUT2D eigenvalue weighted by Gasteiger charge is -2.06. The minimum atomic E-state index is 0.420. The van der Waals surface area contributed by atoms with Crippen molar-refractivity contribution >= 4 is 33.6 Å². The molecule has 0 unspecified atom stereocenters. The summed E-state index contributed by atoms with van der Waals surface area (Å²) >= 11 is 0. The SMILES string of the molecule is NC(=NC(=NCc1ccccc1)c1ccc2c(c1)oc1cccc(-c3ccccc3)c12)c1ccccc1. The molecule has 0 saturated heterocycles. The van der Waals surface area contributed by atoms with E-state index in [1.165, 1.54) is 0 Å². The summed E-state index contributed by atoms with van der Waals surface area (Å²) in [6.45, 7) is 0.498. The second-order valence-electron chi connectivity index (χ2n) is 8.85. The highest BCUT2D eigenvalue weighted by Gasteiger charge is 2.14. The summed E-state index contributed by atoms with van der Waals surface area (Å²) in [4.78, 5) is 9.62. The van der Waals surface area contributed by atoms with Crippen LogP contribution in [-0.2, 0) is 6.54 Å². The zero-order valence-electron chi connectivity index (χ0n) is 20.2. The Bertz CT molecular complexity index is 1730. The topological polar surface area (TPSA) is 63.9 Å². The maximum absolute atomic E-state index is 6.41. The molecular weight excluding hydrogens is 454 g/mol. The third kappa shape index (κ3) is 4.65. The second-order valence-corrected chi connectivity index (χ2v) is 8.85. The third-order valence-electron chi connectivity index (χ3n) is 6.39. The Labute approximate surface area is 215 Å². The minimum Gasteiger partial charge on any atom is -0.456 e. The van der Waals surface area contributed by atoms with Crippen molar-refractivity contribution in [3.05, 3.63) is 144 Å². The predicted octanol–water partition coefficient (Wildman–Crippen LogP) is 7.61. The van der Waals surface area contributed by atoms with Crippen molar-refractivity contribution < 1.29 is 4.42 Å². The number of fused-ring (bicyclic) bond motifs is 3. The van der Waals surface area contributed by atoms with Crippen LogP contribution in [0.2, 0.25) is 0 Å². The lowest BCUT2D eigenvalue weighted by atomic mass is 9.99. The first-order chi connectivity index (χ1) is 18.3. The van der Waals surface area contributed by atoms with E-state index in [0.29, 0.717) is 18.2 Å². The van der Waals surface area contributed by atoms with Crippen molar-refractivity contribution in [2.45, 2.75) is 6.54 Å². The molecule has 178 valence electrons. The Hall–Kier alpha value is -4.96. The van der Waals surface area contributed by atoms with Gasteiger partial charge in [-0.15, -0.1) is 0 Å². The van der Waals surface area contributed by atoms with Crippen LogP contribution in [0.3, 0.4) is 0 Å². The Morgan fingerprint density at radius 2 is 1.35 bits per heavy atom. The maximum atomic E-state index is 6.41. The van der Waals surface area contributed by atoms with Crippen molar-refractivity contribution in [2.24, 2.45) is 15.7 Å². The van der Waals surface area contributed by atoms with Crippen LogP contribution in [-0.4, -0.2) is 11.7 Å². The molecule has 0 saturated carbocycles. The third-order valence-corrected chi connectivity index (χ3v) is 6.39. The highest BCUT2D eigenvalue weighted by molar-refractivity contribution is 6.15. The summed E-state index contributed by atoms with van der Waals surface area (Å²) in [6, 6.07) is 42.6. The van der Waals surface area contributed by atoms with Gasteiger partial charge in [-0.05, 0) is 34.9 Å². The largest absolute Gasteiger partial charge is 0.456 e. The van der Waals surface area contributed by atoms with E-state index in [-0.39, 0.29) is 0 Å². The lowest BCUT2D eigenvalue weighted by Crippen LogP contribution is -2.16. The van der Waals surface area contributed by atoms with Gasteiger partial charge in [-0.2, -0.15) is 0 Å². The van der Waals surface area contributed by atoms with Crippen LogP contribution < -0.4 is 5.73 Å². The monoisotopic (exact) mass is 479 g/mol. The number of nitrogens with zero attached hydrogens (tertiary/aromatic N) is 2. The number of aliphatic imine (C=N–C) groups is 2. The van der Waals surface area contributed by atoms with E-state index in [9.17, 15) is 0 Å². The fraction of sp³-hybridized carbons (Fsp3) is 0.0303. The van der Waals surface area contributed by atoms with Gasteiger partial charge in [-0.1, -0.05) is 109 Å². The molecule has 1 heterocycles. The fourth-order valence-corrected chi connectivity index (χ4v) is 4.55. The van der Waals surface area contributed by atoms with Crippen molar-refractivity contribution in [3.63, 3.8) is 0 Å². The molecule has 6 aromatic rings. The van der Waals surface area contributed by atoms with Crippen LogP contribution in [0.1, 0.15) is 16.7 Å². The van der Waals surface area contributed by atoms with Crippen molar-refractivity contribution in [3.8, 4) is 11.1 Å². The van der Waals surface area contributed by atoms with Crippen molar-refractivity contribution in [1.29, 1.82) is 0 Å². The quantitative estimate of drug-likeness (QED) is 0.204. The first-order valence-electron chi connectivity index (χ1n) is 12.3. The Kier molecular flexibility index (Phi) is 6.05. The molecule has 4 heteroatoms. The van der Waals surface area contributed by atoms with Crippen molar-refractivity contribution in [1.82, 2.24) is 0 Å². The number of hydrogen-bond donors (Lipinski definition) is 1. The van der Waals surface area contributed by atoms with E-state index in [1.54, 1.807) is 0 Å². The van der Waals surface area contributed by atoms with E-state index < -0.39 is 0 Å². The van der Waals surface area contributed by atoms with Gasteiger partial charge in [0.1, 0.15) is 17.0 Å². The van der Waals surface area contributed by atoms with Gasteiger partial charge in [0, 0.05) is 21.9 Å². The fourth-order valence-electron chi connectivity index (χ4n) is 4.55. The first-order valence-corrected chi connectivity index (χ1v) is 12.3. The summed E-state index contributed by atoms with van der Waals surface area (Å²) in [7, 11) is 0. The molecule has 2 N–H and O–H groups in total. The van der Waals surface area contributed by atoms with Crippen LogP contribution in [0.15, 0.2) is 142 Å². The van der Waals surface area contributed by atoms with E-state index in [4.69, 9.17) is 20.1 Å². The molecule has 4 nitrogen and oxygen atoms in total. The van der Waals surface area contributed by atoms with Gasteiger partial charge in [0.05, 0.1) is 6.54 Å². The number of hydrogen-bond acceptors (Lipinski definition) is 2. The molecule has 0 radical (unpaired) electrons. The first kappa shape index (κ1) is 22.5. The van der Waals surface area contributed by atoms with Gasteiger partial charge in [0.25, 0.3) is 0 Å². The van der Waals surface area contributed by atoms with E-state index in [1.807, 2.05) is 78.9 Å². The standard InChI is InChI=1S/C33H25N3O/c34-32(25-15-8-3-9-16-25)36-33(35-22-23-11-4-1-5-12-23)26-19-20-28-30(21-26)37-29-18-10-17-27(31(28)29)24-13-6-2-7-14-24/h1-21H,22H2,(H2,34,35,36). The van der Waals surface area contributed by atoms with Crippen LogP contribution in [0.25, 0.3) is 33.1 Å². The number of furan rings is 1. The van der Waals surface area contributed by atoms with Gasteiger partial charge in [0.2, 0.25) is 0 Å². The average molecular weight is 480 g/mol. The zero-order valence-corrected chi connectivity index (χ0v) is 20.2. The Balaban J connectivity index is 1.47. The molecule has 0 bridgehead atoms. The molecular formula is C33H25N3O. The predicted molar refractivity (Wildman–Crippen MR) is 153 cm³/mol. The highest BCUT2D eigenvalue weighted by atomic mass is 16.3. The van der Waals surface area contributed by atoms with Crippen molar-refractivity contribution in [2.75, 3.05) is 0 Å². The number of benzene rings is 5. The normalized spacial score (nSPS) is 12.3. The van der Waals surface area contributed by atoms with Gasteiger partial charge < -0.3 is 10.2 Å². The molecule has 0 fully saturated rings.